The Morgan fingerprint density at radius 3 is 2.67 bits per heavy atom. The van der Waals surface area contributed by atoms with Crippen molar-refractivity contribution in [3.8, 4) is 0 Å². The molecule has 0 aliphatic rings. The van der Waals surface area contributed by atoms with Crippen LogP contribution >= 0.6 is 0 Å². The largest absolute Gasteiger partial charge is 0.480 e. The van der Waals surface area contributed by atoms with Gasteiger partial charge in [0.1, 0.15) is 17.4 Å². The number of nitro groups is 1. The van der Waals surface area contributed by atoms with E-state index < -0.39 is 22.8 Å². The Morgan fingerprint density at radius 2 is 2.12 bits per heavy atom. The first-order chi connectivity index (χ1) is 11.3. The number of aromatic nitrogens is 2. The molecule has 0 aliphatic heterocycles. The van der Waals surface area contributed by atoms with Crippen molar-refractivity contribution in [3.05, 3.63) is 39.8 Å². The highest BCUT2D eigenvalue weighted by atomic mass is 16.6. The zero-order valence-corrected chi connectivity index (χ0v) is 13.5. The molecule has 2 atom stereocenters. The number of aliphatic carboxylic acids is 1. The van der Waals surface area contributed by atoms with E-state index in [1.165, 1.54) is 22.7 Å². The summed E-state index contributed by atoms with van der Waals surface area (Å²) in [6, 6.07) is 1.68. The van der Waals surface area contributed by atoms with E-state index in [4.69, 9.17) is 0 Å². The molecule has 0 saturated carbocycles. The summed E-state index contributed by atoms with van der Waals surface area (Å²) in [6.45, 7) is 5.15. The third-order valence-corrected chi connectivity index (χ3v) is 3.97. The highest BCUT2D eigenvalue weighted by molar-refractivity contribution is 5.97. The number of nitrogens with zero attached hydrogens (tertiary/aromatic N) is 3. The van der Waals surface area contributed by atoms with Gasteiger partial charge in [-0.2, -0.15) is 0 Å². The molecule has 0 saturated heterocycles. The van der Waals surface area contributed by atoms with Crippen molar-refractivity contribution in [2.24, 2.45) is 5.92 Å². The average Bonchev–Trinajstić information content (AvgIpc) is 2.86. The lowest BCUT2D eigenvalue weighted by molar-refractivity contribution is -0.385. The third kappa shape index (κ3) is 3.19. The summed E-state index contributed by atoms with van der Waals surface area (Å²) in [5.41, 5.74) is 0.633. The van der Waals surface area contributed by atoms with E-state index in [-0.39, 0.29) is 17.3 Å². The molecule has 128 valence electrons. The molecule has 2 aromatic rings. The number of nitrogens with one attached hydrogen (secondary N) is 1. The first-order valence-electron chi connectivity index (χ1n) is 7.43. The zero-order valence-electron chi connectivity index (χ0n) is 13.5. The molecule has 2 aromatic heterocycles. The minimum atomic E-state index is -1.13. The van der Waals surface area contributed by atoms with Gasteiger partial charge in [0.2, 0.25) is 0 Å². The molecule has 2 unspecified atom stereocenters. The van der Waals surface area contributed by atoms with Gasteiger partial charge in [0, 0.05) is 6.07 Å². The van der Waals surface area contributed by atoms with Gasteiger partial charge >= 0.3 is 5.97 Å². The van der Waals surface area contributed by atoms with Crippen molar-refractivity contribution >= 4 is 23.2 Å². The predicted molar refractivity (Wildman–Crippen MR) is 84.9 cm³/mol. The van der Waals surface area contributed by atoms with Crippen LogP contribution < -0.4 is 5.32 Å². The van der Waals surface area contributed by atoms with Crippen LogP contribution in [0.3, 0.4) is 0 Å². The summed E-state index contributed by atoms with van der Waals surface area (Å²) in [7, 11) is 0. The van der Waals surface area contributed by atoms with E-state index in [2.05, 4.69) is 10.3 Å². The van der Waals surface area contributed by atoms with Crippen LogP contribution in [0.5, 0.6) is 0 Å². The maximum absolute atomic E-state index is 12.6. The summed E-state index contributed by atoms with van der Waals surface area (Å²) < 4.78 is 1.30. The minimum absolute atomic E-state index is 0.0863. The van der Waals surface area contributed by atoms with Crippen LogP contribution in [-0.4, -0.2) is 37.3 Å². The van der Waals surface area contributed by atoms with Crippen molar-refractivity contribution in [1.82, 2.24) is 14.7 Å². The zero-order chi connectivity index (χ0) is 18.0. The molecule has 9 nitrogen and oxygen atoms in total. The Kier molecular flexibility index (Phi) is 4.82. The Balaban J connectivity index is 2.45. The van der Waals surface area contributed by atoms with E-state index in [1.807, 2.05) is 6.92 Å². The van der Waals surface area contributed by atoms with E-state index >= 15 is 0 Å². The van der Waals surface area contributed by atoms with Gasteiger partial charge in [-0.25, -0.2) is 9.78 Å². The summed E-state index contributed by atoms with van der Waals surface area (Å²) in [5, 5.41) is 22.7. The number of hydrogen-bond donors (Lipinski definition) is 2. The number of carbonyl (C=O) groups is 2. The lowest BCUT2D eigenvalue weighted by Gasteiger charge is -2.20. The Morgan fingerprint density at radius 1 is 1.46 bits per heavy atom. The molecule has 0 bridgehead atoms. The number of carbonyl (C=O) groups excluding carboxylic acids is 1. The third-order valence-electron chi connectivity index (χ3n) is 3.97. The highest BCUT2D eigenvalue weighted by Crippen LogP contribution is 2.18. The SMILES string of the molecule is CCC(C)C(NC(=O)c1c(C)nc2ccc([N+](=O)[O-])cn12)C(=O)O. The van der Waals surface area contributed by atoms with Crippen LogP contribution in [0.1, 0.15) is 36.5 Å². The monoisotopic (exact) mass is 334 g/mol. The Labute approximate surface area is 137 Å². The fraction of sp³-hybridized carbons (Fsp3) is 0.400. The Hall–Kier alpha value is -2.97. The van der Waals surface area contributed by atoms with E-state index in [0.29, 0.717) is 17.8 Å². The van der Waals surface area contributed by atoms with Crippen LogP contribution in [0, 0.1) is 23.0 Å². The number of aryl methyl sites for hydroxylation is 1. The van der Waals surface area contributed by atoms with Gasteiger partial charge in [-0.15, -0.1) is 0 Å². The number of amides is 1. The predicted octanol–water partition coefficient (Wildman–Crippen LogP) is 1.78. The van der Waals surface area contributed by atoms with Gasteiger partial charge in [-0.05, 0) is 18.9 Å². The van der Waals surface area contributed by atoms with Crippen molar-refractivity contribution in [3.63, 3.8) is 0 Å². The number of pyridine rings is 1. The normalized spacial score (nSPS) is 13.5. The van der Waals surface area contributed by atoms with Gasteiger partial charge < -0.3 is 10.4 Å². The molecule has 9 heteroatoms. The first kappa shape index (κ1) is 17.4. The summed E-state index contributed by atoms with van der Waals surface area (Å²) >= 11 is 0. The number of rotatable bonds is 6. The van der Waals surface area contributed by atoms with Crippen LogP contribution in [-0.2, 0) is 4.79 Å². The number of carboxylic acids is 1. The summed E-state index contributed by atoms with van der Waals surface area (Å²) in [4.78, 5) is 38.5. The molecule has 2 rings (SSSR count). The van der Waals surface area contributed by atoms with Gasteiger partial charge in [-0.1, -0.05) is 20.3 Å². The molecule has 0 aromatic carbocycles. The number of carboxylic acid groups (broad SMARTS) is 1. The van der Waals surface area contributed by atoms with E-state index in [9.17, 15) is 24.8 Å². The molecule has 2 heterocycles. The molecule has 2 N–H and O–H groups in total. The molecule has 0 aliphatic carbocycles. The first-order valence-corrected chi connectivity index (χ1v) is 7.43. The van der Waals surface area contributed by atoms with E-state index in [1.54, 1.807) is 13.8 Å². The van der Waals surface area contributed by atoms with Gasteiger partial charge in [-0.3, -0.25) is 19.3 Å². The fourth-order valence-corrected chi connectivity index (χ4v) is 2.43. The van der Waals surface area contributed by atoms with Crippen LogP contribution in [0.25, 0.3) is 5.65 Å². The van der Waals surface area contributed by atoms with Crippen molar-refractivity contribution < 1.29 is 19.6 Å². The highest BCUT2D eigenvalue weighted by Gasteiger charge is 2.28. The van der Waals surface area contributed by atoms with Gasteiger partial charge in [0.15, 0.2) is 0 Å². The second-order valence-corrected chi connectivity index (χ2v) is 5.59. The molecular weight excluding hydrogens is 316 g/mol. The molecule has 0 spiro atoms. The Bertz CT molecular complexity index is 814. The lowest BCUT2D eigenvalue weighted by atomic mass is 9.99. The maximum Gasteiger partial charge on any atom is 0.326 e. The molecule has 0 radical (unpaired) electrons. The smallest absolute Gasteiger partial charge is 0.326 e. The molecule has 24 heavy (non-hydrogen) atoms. The molecule has 1 amide bonds. The van der Waals surface area contributed by atoms with Crippen molar-refractivity contribution in [2.45, 2.75) is 33.2 Å². The lowest BCUT2D eigenvalue weighted by Crippen LogP contribution is -2.45. The number of fused-ring (bicyclic) bond motifs is 1. The van der Waals surface area contributed by atoms with Crippen molar-refractivity contribution in [1.29, 1.82) is 0 Å². The van der Waals surface area contributed by atoms with Crippen LogP contribution in [0.2, 0.25) is 0 Å². The quantitative estimate of drug-likeness (QED) is 0.612. The second-order valence-electron chi connectivity index (χ2n) is 5.59. The fourth-order valence-electron chi connectivity index (χ4n) is 2.43. The van der Waals surface area contributed by atoms with Gasteiger partial charge in [0.05, 0.1) is 16.8 Å². The van der Waals surface area contributed by atoms with Gasteiger partial charge in [0.25, 0.3) is 11.6 Å². The standard InChI is InChI=1S/C15H18N4O5/c1-4-8(2)12(15(21)22)17-14(20)13-9(3)16-11-6-5-10(19(23)24)7-18(11)13/h5-8,12H,4H2,1-3H3,(H,17,20)(H,21,22). The van der Waals surface area contributed by atoms with Crippen LogP contribution in [0.15, 0.2) is 18.3 Å². The topological polar surface area (TPSA) is 127 Å². The van der Waals surface area contributed by atoms with Crippen LogP contribution in [0.4, 0.5) is 5.69 Å². The maximum atomic E-state index is 12.6. The average molecular weight is 334 g/mol. The number of imidazole rings is 1. The van der Waals surface area contributed by atoms with E-state index in [0.717, 1.165) is 0 Å². The molecular formula is C15H18N4O5. The minimum Gasteiger partial charge on any atom is -0.480 e. The summed E-state index contributed by atoms with van der Waals surface area (Å²) in [6.07, 6.45) is 1.78. The van der Waals surface area contributed by atoms with Crippen molar-refractivity contribution in [2.75, 3.05) is 0 Å². The summed E-state index contributed by atoms with van der Waals surface area (Å²) in [5.74, 6) is -2.02. The second kappa shape index (κ2) is 6.65. The number of hydrogen-bond acceptors (Lipinski definition) is 5. The molecule has 0 fully saturated rings.